The van der Waals surface area contributed by atoms with E-state index in [4.69, 9.17) is 4.74 Å². The van der Waals surface area contributed by atoms with Gasteiger partial charge in [-0.05, 0) is 24.3 Å². The summed E-state index contributed by atoms with van der Waals surface area (Å²) < 4.78 is 5.34. The summed E-state index contributed by atoms with van der Waals surface area (Å²) in [7, 11) is 0. The van der Waals surface area contributed by atoms with Crippen LogP contribution in [0.25, 0.3) is 0 Å². The summed E-state index contributed by atoms with van der Waals surface area (Å²) in [6, 6.07) is 8.17. The van der Waals surface area contributed by atoms with E-state index in [9.17, 15) is 4.79 Å². The van der Waals surface area contributed by atoms with E-state index in [-0.39, 0.29) is 5.91 Å². The maximum absolute atomic E-state index is 11.6. The monoisotopic (exact) mass is 244 g/mol. The average molecular weight is 244 g/mol. The third-order valence-electron chi connectivity index (χ3n) is 3.35. The van der Waals surface area contributed by atoms with E-state index >= 15 is 0 Å². The fourth-order valence-corrected chi connectivity index (χ4v) is 2.34. The number of hydrogen-bond donors (Lipinski definition) is 0. The van der Waals surface area contributed by atoms with Crippen molar-refractivity contribution >= 4 is 17.3 Å². The topological polar surface area (TPSA) is 32.8 Å². The number of rotatable bonds is 2. The van der Waals surface area contributed by atoms with Crippen LogP contribution in [-0.2, 0) is 9.53 Å². The molecule has 18 heavy (non-hydrogen) atoms. The maximum Gasteiger partial charge on any atom is 0.251 e. The molecular weight excluding hydrogens is 228 g/mol. The van der Waals surface area contributed by atoms with Crippen molar-refractivity contribution in [2.75, 3.05) is 42.6 Å². The molecule has 1 amide bonds. The van der Waals surface area contributed by atoms with Gasteiger partial charge < -0.3 is 14.5 Å². The highest BCUT2D eigenvalue weighted by molar-refractivity contribution is 6.04. The van der Waals surface area contributed by atoms with E-state index in [0.29, 0.717) is 6.54 Å². The minimum absolute atomic E-state index is 0.0640. The van der Waals surface area contributed by atoms with E-state index in [1.54, 1.807) is 11.0 Å². The Morgan fingerprint density at radius 3 is 2.28 bits per heavy atom. The third-order valence-corrected chi connectivity index (χ3v) is 3.35. The van der Waals surface area contributed by atoms with Crippen molar-refractivity contribution in [3.8, 4) is 0 Å². The molecule has 2 aliphatic rings. The van der Waals surface area contributed by atoms with Crippen LogP contribution in [0, 0.1) is 0 Å². The lowest BCUT2D eigenvalue weighted by Crippen LogP contribution is -2.36. The van der Waals surface area contributed by atoms with E-state index in [2.05, 4.69) is 17.0 Å². The van der Waals surface area contributed by atoms with Gasteiger partial charge in [-0.1, -0.05) is 6.08 Å². The largest absolute Gasteiger partial charge is 0.378 e. The molecule has 94 valence electrons. The minimum atomic E-state index is 0.0640. The number of amides is 1. The van der Waals surface area contributed by atoms with Crippen LogP contribution in [0.4, 0.5) is 11.4 Å². The number of nitrogens with zero attached hydrogens (tertiary/aromatic N) is 2. The van der Waals surface area contributed by atoms with Crippen LogP contribution in [-0.4, -0.2) is 38.8 Å². The van der Waals surface area contributed by atoms with Crippen molar-refractivity contribution in [2.45, 2.75) is 0 Å². The second-order valence-electron chi connectivity index (χ2n) is 4.47. The number of morpholine rings is 1. The molecule has 0 atom stereocenters. The van der Waals surface area contributed by atoms with Crippen LogP contribution in [0.5, 0.6) is 0 Å². The van der Waals surface area contributed by atoms with Crippen molar-refractivity contribution in [1.82, 2.24) is 0 Å². The standard InChI is InChI=1S/C14H16N2O2/c17-14-2-1-7-16(14)13-5-3-12(4-6-13)15-8-10-18-11-9-15/h1-6H,7-11H2. The zero-order valence-electron chi connectivity index (χ0n) is 10.2. The summed E-state index contributed by atoms with van der Waals surface area (Å²) >= 11 is 0. The molecule has 0 radical (unpaired) electrons. The van der Waals surface area contributed by atoms with Gasteiger partial charge in [-0.3, -0.25) is 4.79 Å². The van der Waals surface area contributed by atoms with Crippen molar-refractivity contribution < 1.29 is 9.53 Å². The van der Waals surface area contributed by atoms with Crippen LogP contribution in [0.15, 0.2) is 36.4 Å². The van der Waals surface area contributed by atoms with E-state index in [1.165, 1.54) is 5.69 Å². The van der Waals surface area contributed by atoms with Gasteiger partial charge in [0.15, 0.2) is 0 Å². The van der Waals surface area contributed by atoms with Crippen molar-refractivity contribution in [3.63, 3.8) is 0 Å². The van der Waals surface area contributed by atoms with Crippen LogP contribution in [0.2, 0.25) is 0 Å². The Balaban J connectivity index is 1.74. The summed E-state index contributed by atoms with van der Waals surface area (Å²) in [6.07, 6.45) is 3.51. The number of ether oxygens (including phenoxy) is 1. The molecule has 0 aliphatic carbocycles. The lowest BCUT2D eigenvalue weighted by atomic mass is 10.2. The van der Waals surface area contributed by atoms with E-state index in [1.807, 2.05) is 18.2 Å². The minimum Gasteiger partial charge on any atom is -0.378 e. The van der Waals surface area contributed by atoms with Gasteiger partial charge in [0.25, 0.3) is 5.91 Å². The first-order chi connectivity index (χ1) is 8.84. The number of carbonyl (C=O) groups excluding carboxylic acids is 1. The molecule has 4 heteroatoms. The van der Waals surface area contributed by atoms with Gasteiger partial charge in [0.1, 0.15) is 0 Å². The first-order valence-corrected chi connectivity index (χ1v) is 6.25. The summed E-state index contributed by atoms with van der Waals surface area (Å²) in [5.74, 6) is 0.0640. The molecule has 4 nitrogen and oxygen atoms in total. The average Bonchev–Trinajstić information content (AvgIpc) is 2.86. The lowest BCUT2D eigenvalue weighted by Gasteiger charge is -2.29. The fourth-order valence-electron chi connectivity index (χ4n) is 2.34. The molecule has 0 aromatic heterocycles. The summed E-state index contributed by atoms with van der Waals surface area (Å²) in [6.45, 7) is 4.12. The van der Waals surface area contributed by atoms with Crippen LogP contribution >= 0.6 is 0 Å². The summed E-state index contributed by atoms with van der Waals surface area (Å²) in [5.41, 5.74) is 2.16. The number of hydrogen-bond acceptors (Lipinski definition) is 3. The molecule has 0 unspecified atom stereocenters. The number of anilines is 2. The molecule has 2 aliphatic heterocycles. The zero-order valence-corrected chi connectivity index (χ0v) is 10.2. The smallest absolute Gasteiger partial charge is 0.251 e. The summed E-state index contributed by atoms with van der Waals surface area (Å²) in [4.78, 5) is 15.6. The van der Waals surface area contributed by atoms with Crippen LogP contribution < -0.4 is 9.80 Å². The highest BCUT2D eigenvalue weighted by atomic mass is 16.5. The molecule has 2 heterocycles. The Labute approximate surface area is 106 Å². The Bertz CT molecular complexity index is 461. The van der Waals surface area contributed by atoms with E-state index in [0.717, 1.165) is 32.0 Å². The second kappa shape index (κ2) is 4.82. The van der Waals surface area contributed by atoms with E-state index < -0.39 is 0 Å². The van der Waals surface area contributed by atoms with Crippen molar-refractivity contribution in [2.24, 2.45) is 0 Å². The van der Waals surface area contributed by atoms with Gasteiger partial charge in [-0.25, -0.2) is 0 Å². The molecule has 0 spiro atoms. The molecule has 3 rings (SSSR count). The predicted molar refractivity (Wildman–Crippen MR) is 71.0 cm³/mol. The maximum atomic E-state index is 11.6. The number of benzene rings is 1. The summed E-state index contributed by atoms with van der Waals surface area (Å²) in [5, 5.41) is 0. The quantitative estimate of drug-likeness (QED) is 0.789. The van der Waals surface area contributed by atoms with Gasteiger partial charge in [-0.2, -0.15) is 0 Å². The molecule has 0 saturated carbocycles. The Morgan fingerprint density at radius 2 is 1.67 bits per heavy atom. The first kappa shape index (κ1) is 11.3. The van der Waals surface area contributed by atoms with Gasteiger partial charge in [0, 0.05) is 37.1 Å². The number of carbonyl (C=O) groups is 1. The third kappa shape index (κ3) is 2.11. The molecule has 0 bridgehead atoms. The first-order valence-electron chi connectivity index (χ1n) is 6.25. The normalized spacial score (nSPS) is 19.7. The van der Waals surface area contributed by atoms with Crippen molar-refractivity contribution in [1.29, 1.82) is 0 Å². The molecule has 1 aromatic carbocycles. The molecule has 1 aromatic rings. The highest BCUT2D eigenvalue weighted by Crippen LogP contribution is 2.23. The Kier molecular flexibility index (Phi) is 3.02. The van der Waals surface area contributed by atoms with Crippen LogP contribution in [0.1, 0.15) is 0 Å². The van der Waals surface area contributed by atoms with Crippen LogP contribution in [0.3, 0.4) is 0 Å². The zero-order chi connectivity index (χ0) is 12.4. The lowest BCUT2D eigenvalue weighted by molar-refractivity contribution is -0.113. The fraction of sp³-hybridized carbons (Fsp3) is 0.357. The molecule has 0 N–H and O–H groups in total. The predicted octanol–water partition coefficient (Wildman–Crippen LogP) is 1.43. The molecular formula is C14H16N2O2. The van der Waals surface area contributed by atoms with Gasteiger partial charge in [0.05, 0.1) is 13.2 Å². The molecule has 1 saturated heterocycles. The highest BCUT2D eigenvalue weighted by Gasteiger charge is 2.17. The van der Waals surface area contributed by atoms with Gasteiger partial charge in [0.2, 0.25) is 0 Å². The van der Waals surface area contributed by atoms with Crippen molar-refractivity contribution in [3.05, 3.63) is 36.4 Å². The second-order valence-corrected chi connectivity index (χ2v) is 4.47. The Morgan fingerprint density at radius 1 is 1.00 bits per heavy atom. The SMILES string of the molecule is O=C1C=CCN1c1ccc(N2CCOCC2)cc1. The molecule has 1 fully saturated rings. The van der Waals surface area contributed by atoms with Gasteiger partial charge in [-0.15, -0.1) is 0 Å². The Hall–Kier alpha value is -1.81. The van der Waals surface area contributed by atoms with Gasteiger partial charge >= 0.3 is 0 Å².